The van der Waals surface area contributed by atoms with Crippen LogP contribution in [-0.2, 0) is 0 Å². The number of pyridine rings is 1. The molecule has 2 heterocycles. The molecular formula is C20H14ClN5O3. The van der Waals surface area contributed by atoms with Crippen molar-refractivity contribution < 1.29 is 9.66 Å². The van der Waals surface area contributed by atoms with Gasteiger partial charge >= 0.3 is 0 Å². The first-order chi connectivity index (χ1) is 14.0. The monoisotopic (exact) mass is 407 g/mol. The fraction of sp³-hybridized carbons (Fsp3) is 0.0500. The predicted molar refractivity (Wildman–Crippen MR) is 111 cm³/mol. The molecule has 0 aliphatic heterocycles. The molecular weight excluding hydrogens is 394 g/mol. The minimum absolute atomic E-state index is 0.0830. The Morgan fingerprint density at radius 3 is 2.72 bits per heavy atom. The number of nitro groups is 1. The van der Waals surface area contributed by atoms with Crippen molar-refractivity contribution >= 4 is 39.7 Å². The van der Waals surface area contributed by atoms with Gasteiger partial charge in [0.1, 0.15) is 11.6 Å². The SMILES string of the molecule is COc1ccc2nc(-c3cccnc3)nc(Nc3cc([N+](=O)[O-])ccc3Cl)c2c1. The fourth-order valence-electron chi connectivity index (χ4n) is 2.80. The number of non-ortho nitro benzene ring substituents is 1. The summed E-state index contributed by atoms with van der Waals surface area (Å²) in [6, 6.07) is 13.2. The first-order valence-electron chi connectivity index (χ1n) is 8.52. The van der Waals surface area contributed by atoms with Crippen LogP contribution in [-0.4, -0.2) is 27.0 Å². The summed E-state index contributed by atoms with van der Waals surface area (Å²) in [5.41, 5.74) is 1.68. The minimum atomic E-state index is -0.482. The number of fused-ring (bicyclic) bond motifs is 1. The van der Waals surface area contributed by atoms with Crippen LogP contribution >= 0.6 is 11.6 Å². The Morgan fingerprint density at radius 1 is 1.14 bits per heavy atom. The molecule has 4 rings (SSSR count). The van der Waals surface area contributed by atoms with Crippen molar-refractivity contribution in [2.75, 3.05) is 12.4 Å². The maximum absolute atomic E-state index is 11.1. The molecule has 2 aromatic heterocycles. The zero-order valence-corrected chi connectivity index (χ0v) is 15.9. The highest BCUT2D eigenvalue weighted by molar-refractivity contribution is 6.33. The van der Waals surface area contributed by atoms with Crippen LogP contribution in [0.25, 0.3) is 22.3 Å². The molecule has 0 radical (unpaired) electrons. The molecule has 29 heavy (non-hydrogen) atoms. The molecule has 0 bridgehead atoms. The predicted octanol–water partition coefficient (Wildman–Crippen LogP) is 5.01. The van der Waals surface area contributed by atoms with Gasteiger partial charge in [-0.25, -0.2) is 9.97 Å². The molecule has 144 valence electrons. The van der Waals surface area contributed by atoms with Crippen LogP contribution in [0, 0.1) is 10.1 Å². The number of halogens is 1. The minimum Gasteiger partial charge on any atom is -0.497 e. The molecule has 0 aliphatic rings. The Balaban J connectivity index is 1.89. The Bertz CT molecular complexity index is 1220. The van der Waals surface area contributed by atoms with Gasteiger partial charge < -0.3 is 10.1 Å². The highest BCUT2D eigenvalue weighted by Gasteiger charge is 2.15. The van der Waals surface area contributed by atoms with E-state index in [2.05, 4.69) is 20.3 Å². The number of nitrogens with one attached hydrogen (secondary N) is 1. The molecule has 8 nitrogen and oxygen atoms in total. The number of hydrogen-bond acceptors (Lipinski definition) is 7. The summed E-state index contributed by atoms with van der Waals surface area (Å²) >= 11 is 6.25. The number of nitro benzene ring substituents is 1. The lowest BCUT2D eigenvalue weighted by Gasteiger charge is -2.13. The topological polar surface area (TPSA) is 103 Å². The van der Waals surface area contributed by atoms with Gasteiger partial charge in [0.25, 0.3) is 5.69 Å². The number of nitrogens with zero attached hydrogens (tertiary/aromatic N) is 4. The number of benzene rings is 2. The van der Waals surface area contributed by atoms with Gasteiger partial charge in [-0.2, -0.15) is 0 Å². The second-order valence-electron chi connectivity index (χ2n) is 6.07. The van der Waals surface area contributed by atoms with Crippen molar-refractivity contribution in [1.29, 1.82) is 0 Å². The third kappa shape index (κ3) is 3.78. The van der Waals surface area contributed by atoms with Crippen molar-refractivity contribution in [3.8, 4) is 17.1 Å². The second-order valence-corrected chi connectivity index (χ2v) is 6.47. The van der Waals surface area contributed by atoms with E-state index in [1.54, 1.807) is 37.7 Å². The summed E-state index contributed by atoms with van der Waals surface area (Å²) in [6.45, 7) is 0. The van der Waals surface area contributed by atoms with Gasteiger partial charge in [0.05, 0.1) is 28.3 Å². The van der Waals surface area contributed by atoms with E-state index in [9.17, 15) is 10.1 Å². The van der Waals surface area contributed by atoms with Crippen molar-refractivity contribution in [2.45, 2.75) is 0 Å². The molecule has 0 atom stereocenters. The van der Waals surface area contributed by atoms with Gasteiger partial charge in [0.15, 0.2) is 5.82 Å². The highest BCUT2D eigenvalue weighted by atomic mass is 35.5. The van der Waals surface area contributed by atoms with Crippen LogP contribution in [0.5, 0.6) is 5.75 Å². The first-order valence-corrected chi connectivity index (χ1v) is 8.90. The third-order valence-electron chi connectivity index (χ3n) is 4.24. The van der Waals surface area contributed by atoms with Crippen LogP contribution < -0.4 is 10.1 Å². The van der Waals surface area contributed by atoms with Gasteiger partial charge in [-0.3, -0.25) is 15.1 Å². The molecule has 0 amide bonds. The summed E-state index contributed by atoms with van der Waals surface area (Å²) in [5.74, 6) is 1.53. The smallest absolute Gasteiger partial charge is 0.271 e. The number of aromatic nitrogens is 3. The number of rotatable bonds is 5. The molecule has 1 N–H and O–H groups in total. The zero-order chi connectivity index (χ0) is 20.4. The Labute approximate surface area is 170 Å². The van der Waals surface area contributed by atoms with E-state index in [1.165, 1.54) is 18.2 Å². The molecule has 0 saturated heterocycles. The van der Waals surface area contributed by atoms with Crippen LogP contribution in [0.15, 0.2) is 60.9 Å². The molecule has 0 fully saturated rings. The normalized spacial score (nSPS) is 10.7. The van der Waals surface area contributed by atoms with Gasteiger partial charge in [0.2, 0.25) is 0 Å². The van der Waals surface area contributed by atoms with Gasteiger partial charge in [-0.15, -0.1) is 0 Å². The van der Waals surface area contributed by atoms with Crippen molar-refractivity contribution in [3.63, 3.8) is 0 Å². The van der Waals surface area contributed by atoms with Crippen molar-refractivity contribution in [1.82, 2.24) is 15.0 Å². The second kappa shape index (κ2) is 7.69. The van der Waals surface area contributed by atoms with Crippen LogP contribution in [0.2, 0.25) is 5.02 Å². The Hall–Kier alpha value is -3.78. The van der Waals surface area contributed by atoms with E-state index < -0.39 is 4.92 Å². The average molecular weight is 408 g/mol. The van der Waals surface area contributed by atoms with Crippen LogP contribution in [0.3, 0.4) is 0 Å². The van der Waals surface area contributed by atoms with E-state index in [1.807, 2.05) is 12.1 Å². The van der Waals surface area contributed by atoms with Crippen molar-refractivity contribution in [3.05, 3.63) is 76.1 Å². The fourth-order valence-corrected chi connectivity index (χ4v) is 2.97. The van der Waals surface area contributed by atoms with E-state index in [4.69, 9.17) is 16.3 Å². The number of methoxy groups -OCH3 is 1. The van der Waals surface area contributed by atoms with Gasteiger partial charge in [0, 0.05) is 35.5 Å². The number of anilines is 2. The van der Waals surface area contributed by atoms with E-state index >= 15 is 0 Å². The summed E-state index contributed by atoms with van der Waals surface area (Å²) in [5, 5.41) is 15.3. The Morgan fingerprint density at radius 2 is 2.00 bits per heavy atom. The zero-order valence-electron chi connectivity index (χ0n) is 15.2. The molecule has 9 heteroatoms. The Kier molecular flexibility index (Phi) is 4.92. The summed E-state index contributed by atoms with van der Waals surface area (Å²) in [4.78, 5) is 24.0. The highest BCUT2D eigenvalue weighted by Crippen LogP contribution is 2.33. The summed E-state index contributed by atoms with van der Waals surface area (Å²) in [6.07, 6.45) is 3.33. The van der Waals surface area contributed by atoms with Gasteiger partial charge in [-0.1, -0.05) is 11.6 Å². The van der Waals surface area contributed by atoms with Gasteiger partial charge in [-0.05, 0) is 36.4 Å². The molecule has 0 spiro atoms. The van der Waals surface area contributed by atoms with E-state index in [0.717, 1.165) is 5.56 Å². The van der Waals surface area contributed by atoms with Crippen LogP contribution in [0.4, 0.5) is 17.2 Å². The molecule has 0 unspecified atom stereocenters. The summed E-state index contributed by atoms with van der Waals surface area (Å²) in [7, 11) is 1.57. The first kappa shape index (κ1) is 18.6. The molecule has 0 aliphatic carbocycles. The van der Waals surface area contributed by atoms with E-state index in [0.29, 0.717) is 39.0 Å². The number of hydrogen-bond donors (Lipinski definition) is 1. The maximum Gasteiger partial charge on any atom is 0.271 e. The molecule has 0 saturated carbocycles. The van der Waals surface area contributed by atoms with Crippen LogP contribution in [0.1, 0.15) is 0 Å². The lowest BCUT2D eigenvalue weighted by atomic mass is 10.2. The summed E-state index contributed by atoms with van der Waals surface area (Å²) < 4.78 is 5.31. The standard InChI is InChI=1S/C20H14ClN5O3/c1-29-14-5-7-17-15(10-14)20(25-19(23-17)12-3-2-8-22-11-12)24-18-9-13(26(27)28)4-6-16(18)21/h2-11H,1H3,(H,23,24,25). The lowest BCUT2D eigenvalue weighted by molar-refractivity contribution is -0.384. The third-order valence-corrected chi connectivity index (χ3v) is 4.57. The molecule has 4 aromatic rings. The lowest BCUT2D eigenvalue weighted by Crippen LogP contribution is -2.01. The molecule has 2 aromatic carbocycles. The quantitative estimate of drug-likeness (QED) is 0.366. The number of ether oxygens (including phenoxy) is 1. The average Bonchev–Trinajstić information content (AvgIpc) is 2.75. The van der Waals surface area contributed by atoms with E-state index in [-0.39, 0.29) is 5.69 Å². The largest absolute Gasteiger partial charge is 0.497 e. The van der Waals surface area contributed by atoms with Crippen molar-refractivity contribution in [2.24, 2.45) is 0 Å². The maximum atomic E-state index is 11.1.